The number of hydrogen-bond donors (Lipinski definition) is 1. The van der Waals surface area contributed by atoms with E-state index in [2.05, 4.69) is 20.4 Å². The SMILES string of the molecule is O=C(c1cc2ccccc2oc1=O)N1CCN(c2ccc(Nc3ccccc3)nn2)CC1. The van der Waals surface area contributed by atoms with Crippen LogP contribution in [0.4, 0.5) is 17.3 Å². The van der Waals surface area contributed by atoms with Gasteiger partial charge in [0, 0.05) is 37.3 Å². The molecule has 8 heteroatoms. The molecule has 1 amide bonds. The molecular weight excluding hydrogens is 406 g/mol. The smallest absolute Gasteiger partial charge is 0.349 e. The third kappa shape index (κ3) is 4.02. The summed E-state index contributed by atoms with van der Waals surface area (Å²) in [5.41, 5.74) is 0.874. The molecule has 160 valence electrons. The predicted molar refractivity (Wildman–Crippen MR) is 122 cm³/mol. The summed E-state index contributed by atoms with van der Waals surface area (Å²) in [6.07, 6.45) is 0. The number of hydrogen-bond acceptors (Lipinski definition) is 7. The number of piperazine rings is 1. The minimum Gasteiger partial charge on any atom is -0.422 e. The van der Waals surface area contributed by atoms with Gasteiger partial charge >= 0.3 is 5.63 Å². The van der Waals surface area contributed by atoms with Crippen LogP contribution in [-0.2, 0) is 0 Å². The zero-order valence-corrected chi connectivity index (χ0v) is 17.3. The molecule has 0 spiro atoms. The fourth-order valence-corrected chi connectivity index (χ4v) is 3.75. The molecule has 0 aliphatic carbocycles. The average molecular weight is 427 g/mol. The van der Waals surface area contributed by atoms with Crippen molar-refractivity contribution in [2.24, 2.45) is 0 Å². The van der Waals surface area contributed by atoms with Crippen LogP contribution in [0.25, 0.3) is 11.0 Å². The van der Waals surface area contributed by atoms with Gasteiger partial charge in [-0.1, -0.05) is 36.4 Å². The first-order valence-electron chi connectivity index (χ1n) is 10.4. The Hall–Kier alpha value is -4.20. The number of nitrogens with one attached hydrogen (secondary N) is 1. The molecule has 1 fully saturated rings. The number of para-hydroxylation sites is 2. The van der Waals surface area contributed by atoms with Crippen LogP contribution in [0.15, 0.2) is 82.0 Å². The van der Waals surface area contributed by atoms with E-state index in [-0.39, 0.29) is 11.5 Å². The Morgan fingerprint density at radius 2 is 1.62 bits per heavy atom. The van der Waals surface area contributed by atoms with Gasteiger partial charge < -0.3 is 19.5 Å². The number of rotatable bonds is 4. The molecule has 5 rings (SSSR count). The van der Waals surface area contributed by atoms with Gasteiger partial charge in [-0.3, -0.25) is 4.79 Å². The lowest BCUT2D eigenvalue weighted by Crippen LogP contribution is -2.49. The molecule has 2 aromatic carbocycles. The van der Waals surface area contributed by atoms with E-state index in [1.165, 1.54) is 0 Å². The van der Waals surface area contributed by atoms with Crippen molar-refractivity contribution in [1.82, 2.24) is 15.1 Å². The lowest BCUT2D eigenvalue weighted by Gasteiger charge is -2.35. The molecule has 2 aromatic heterocycles. The second-order valence-corrected chi connectivity index (χ2v) is 7.53. The molecule has 8 nitrogen and oxygen atoms in total. The monoisotopic (exact) mass is 427 g/mol. The maximum atomic E-state index is 12.9. The van der Waals surface area contributed by atoms with E-state index in [9.17, 15) is 9.59 Å². The van der Waals surface area contributed by atoms with Gasteiger partial charge in [0.2, 0.25) is 0 Å². The second kappa shape index (κ2) is 8.50. The number of nitrogens with zero attached hydrogens (tertiary/aromatic N) is 4. The summed E-state index contributed by atoms with van der Waals surface area (Å²) in [6.45, 7) is 2.17. The highest BCUT2D eigenvalue weighted by atomic mass is 16.4. The van der Waals surface area contributed by atoms with E-state index in [1.54, 1.807) is 23.1 Å². The summed E-state index contributed by atoms with van der Waals surface area (Å²) < 4.78 is 5.31. The van der Waals surface area contributed by atoms with Gasteiger partial charge in [-0.05, 0) is 36.4 Å². The first-order valence-corrected chi connectivity index (χ1v) is 10.4. The topological polar surface area (TPSA) is 91.6 Å². The van der Waals surface area contributed by atoms with Crippen LogP contribution in [0.1, 0.15) is 10.4 Å². The molecule has 4 aromatic rings. The Bertz CT molecular complexity index is 1300. The van der Waals surface area contributed by atoms with E-state index in [4.69, 9.17) is 4.42 Å². The van der Waals surface area contributed by atoms with Crippen molar-refractivity contribution in [1.29, 1.82) is 0 Å². The molecule has 1 aliphatic rings. The Morgan fingerprint density at radius 3 is 2.38 bits per heavy atom. The van der Waals surface area contributed by atoms with Gasteiger partial charge in [-0.15, -0.1) is 10.2 Å². The zero-order valence-electron chi connectivity index (χ0n) is 17.3. The normalized spacial score (nSPS) is 13.9. The summed E-state index contributed by atoms with van der Waals surface area (Å²) in [7, 11) is 0. The minimum absolute atomic E-state index is 0.0632. The number of carbonyl (C=O) groups excluding carboxylic acids is 1. The van der Waals surface area contributed by atoms with E-state index in [0.29, 0.717) is 37.6 Å². The van der Waals surface area contributed by atoms with Crippen molar-refractivity contribution in [3.8, 4) is 0 Å². The van der Waals surface area contributed by atoms with Crippen molar-refractivity contribution in [3.63, 3.8) is 0 Å². The quantitative estimate of drug-likeness (QED) is 0.500. The number of amides is 1. The van der Waals surface area contributed by atoms with E-state index >= 15 is 0 Å². The lowest BCUT2D eigenvalue weighted by molar-refractivity contribution is 0.0742. The Morgan fingerprint density at radius 1 is 0.875 bits per heavy atom. The van der Waals surface area contributed by atoms with Gasteiger partial charge in [-0.2, -0.15) is 0 Å². The van der Waals surface area contributed by atoms with E-state index < -0.39 is 5.63 Å². The highest BCUT2D eigenvalue weighted by molar-refractivity contribution is 5.96. The van der Waals surface area contributed by atoms with Crippen LogP contribution in [0.2, 0.25) is 0 Å². The van der Waals surface area contributed by atoms with Gasteiger partial charge in [0.15, 0.2) is 11.6 Å². The molecule has 1 aliphatic heterocycles. The molecule has 0 bridgehead atoms. The molecule has 0 saturated carbocycles. The van der Waals surface area contributed by atoms with Gasteiger partial charge in [0.25, 0.3) is 5.91 Å². The molecule has 0 radical (unpaired) electrons. The first kappa shape index (κ1) is 19.7. The van der Waals surface area contributed by atoms with Crippen LogP contribution in [0.3, 0.4) is 0 Å². The van der Waals surface area contributed by atoms with Crippen LogP contribution in [0.5, 0.6) is 0 Å². The summed E-state index contributed by atoms with van der Waals surface area (Å²) in [5.74, 6) is 1.11. The fraction of sp³-hybridized carbons (Fsp3) is 0.167. The van der Waals surface area contributed by atoms with Crippen molar-refractivity contribution in [2.75, 3.05) is 36.4 Å². The molecular formula is C24H21N5O3. The zero-order chi connectivity index (χ0) is 21.9. The third-order valence-corrected chi connectivity index (χ3v) is 5.46. The van der Waals surface area contributed by atoms with Gasteiger partial charge in [0.05, 0.1) is 0 Å². The van der Waals surface area contributed by atoms with Crippen molar-refractivity contribution >= 4 is 34.2 Å². The standard InChI is InChI=1S/C24H21N5O3/c30-23(19-16-17-6-4-5-9-20(17)32-24(19)31)29-14-12-28(13-15-29)22-11-10-21(26-27-22)25-18-7-2-1-3-8-18/h1-11,16H,12-15H2,(H,25,26). The number of benzene rings is 2. The summed E-state index contributed by atoms with van der Waals surface area (Å²) in [6, 6.07) is 22.4. The highest BCUT2D eigenvalue weighted by Gasteiger charge is 2.25. The highest BCUT2D eigenvalue weighted by Crippen LogP contribution is 2.19. The van der Waals surface area contributed by atoms with E-state index in [1.807, 2.05) is 54.6 Å². The van der Waals surface area contributed by atoms with Crippen molar-refractivity contribution < 1.29 is 9.21 Å². The average Bonchev–Trinajstić information content (AvgIpc) is 2.84. The van der Waals surface area contributed by atoms with Crippen LogP contribution < -0.4 is 15.8 Å². The largest absolute Gasteiger partial charge is 0.422 e. The van der Waals surface area contributed by atoms with E-state index in [0.717, 1.165) is 16.9 Å². The molecule has 3 heterocycles. The molecule has 0 unspecified atom stereocenters. The second-order valence-electron chi connectivity index (χ2n) is 7.53. The van der Waals surface area contributed by atoms with Crippen LogP contribution in [-0.4, -0.2) is 47.2 Å². The summed E-state index contributed by atoms with van der Waals surface area (Å²) >= 11 is 0. The third-order valence-electron chi connectivity index (χ3n) is 5.46. The number of anilines is 3. The maximum absolute atomic E-state index is 12.9. The Balaban J connectivity index is 1.24. The van der Waals surface area contributed by atoms with Gasteiger partial charge in [0.1, 0.15) is 11.1 Å². The maximum Gasteiger partial charge on any atom is 0.349 e. The number of fused-ring (bicyclic) bond motifs is 1. The van der Waals surface area contributed by atoms with Crippen molar-refractivity contribution in [2.45, 2.75) is 0 Å². The minimum atomic E-state index is -0.608. The van der Waals surface area contributed by atoms with Crippen LogP contribution >= 0.6 is 0 Å². The van der Waals surface area contributed by atoms with Crippen molar-refractivity contribution in [3.05, 3.63) is 88.8 Å². The lowest BCUT2D eigenvalue weighted by atomic mass is 10.1. The Kier molecular flexibility index (Phi) is 5.25. The first-order chi connectivity index (χ1) is 15.7. The molecule has 32 heavy (non-hydrogen) atoms. The number of aromatic nitrogens is 2. The fourth-order valence-electron chi connectivity index (χ4n) is 3.75. The number of carbonyl (C=O) groups is 1. The Labute approximate surface area is 184 Å². The molecule has 1 N–H and O–H groups in total. The predicted octanol–water partition coefficient (Wildman–Crippen LogP) is 3.29. The van der Waals surface area contributed by atoms with Gasteiger partial charge in [-0.25, -0.2) is 4.79 Å². The summed E-state index contributed by atoms with van der Waals surface area (Å²) in [5, 5.41) is 12.5. The summed E-state index contributed by atoms with van der Waals surface area (Å²) in [4.78, 5) is 29.0. The van der Waals surface area contributed by atoms with Crippen LogP contribution in [0, 0.1) is 0 Å². The molecule has 0 atom stereocenters. The molecule has 1 saturated heterocycles.